The average Bonchev–Trinajstić information content (AvgIpc) is 2.78. The van der Waals surface area contributed by atoms with Crippen LogP contribution in [-0.4, -0.2) is 23.9 Å². The Bertz CT molecular complexity index is 542. The molecule has 5 nitrogen and oxygen atoms in total. The van der Waals surface area contributed by atoms with Crippen LogP contribution in [0.4, 0.5) is 0 Å². The zero-order chi connectivity index (χ0) is 13.1. The Balaban J connectivity index is 2.29. The molecule has 1 heterocycles. The number of benzene rings is 1. The lowest BCUT2D eigenvalue weighted by Gasteiger charge is -2.03. The Hall–Kier alpha value is -1.43. The molecule has 1 atom stereocenters. The fraction of sp³-hybridized carbons (Fsp3) is 0.333. The van der Waals surface area contributed by atoms with E-state index in [0.29, 0.717) is 28.9 Å². The summed E-state index contributed by atoms with van der Waals surface area (Å²) in [4.78, 5) is 4.22. The van der Waals surface area contributed by atoms with Crippen LogP contribution in [0.1, 0.15) is 17.4 Å². The van der Waals surface area contributed by atoms with Gasteiger partial charge in [0.1, 0.15) is 0 Å². The maximum Gasteiger partial charge on any atom is 0.259 e. The molecule has 2 aromatic rings. The van der Waals surface area contributed by atoms with Crippen molar-refractivity contribution in [2.24, 2.45) is 5.73 Å². The van der Waals surface area contributed by atoms with Crippen LogP contribution in [0.5, 0.6) is 0 Å². The van der Waals surface area contributed by atoms with Gasteiger partial charge in [-0.1, -0.05) is 22.8 Å². The van der Waals surface area contributed by atoms with E-state index in [-0.39, 0.29) is 0 Å². The van der Waals surface area contributed by atoms with Gasteiger partial charge in [0.15, 0.2) is 5.82 Å². The highest BCUT2D eigenvalue weighted by Gasteiger charge is 2.16. The van der Waals surface area contributed by atoms with E-state index in [2.05, 4.69) is 10.1 Å². The Morgan fingerprint density at radius 1 is 1.50 bits per heavy atom. The Labute approximate surface area is 110 Å². The van der Waals surface area contributed by atoms with Crippen LogP contribution in [0, 0.1) is 6.92 Å². The fourth-order valence-electron chi connectivity index (χ4n) is 1.54. The molecule has 0 fully saturated rings. The molecular weight excluding hydrogens is 254 g/mol. The second kappa shape index (κ2) is 5.48. The summed E-state index contributed by atoms with van der Waals surface area (Å²) in [6.07, 6.45) is 0. The monoisotopic (exact) mass is 267 g/mol. The number of aromatic nitrogens is 2. The highest BCUT2D eigenvalue weighted by atomic mass is 35.5. The van der Waals surface area contributed by atoms with Crippen molar-refractivity contribution < 1.29 is 9.26 Å². The first-order chi connectivity index (χ1) is 8.61. The molecule has 0 radical (unpaired) electrons. The van der Waals surface area contributed by atoms with Gasteiger partial charge in [0, 0.05) is 7.11 Å². The minimum Gasteiger partial charge on any atom is -0.383 e. The zero-order valence-corrected chi connectivity index (χ0v) is 10.9. The smallest absolute Gasteiger partial charge is 0.259 e. The minimum absolute atomic E-state index is 0.334. The molecule has 0 aliphatic heterocycles. The number of aryl methyl sites for hydroxylation is 1. The predicted octanol–water partition coefficient (Wildman–Crippen LogP) is 2.34. The van der Waals surface area contributed by atoms with Crippen molar-refractivity contribution in [3.8, 4) is 11.5 Å². The normalized spacial score (nSPS) is 12.7. The third-order valence-corrected chi connectivity index (χ3v) is 2.79. The number of nitrogens with zero attached hydrogens (tertiary/aromatic N) is 2. The molecule has 0 spiro atoms. The van der Waals surface area contributed by atoms with Crippen LogP contribution in [0.25, 0.3) is 11.5 Å². The topological polar surface area (TPSA) is 74.2 Å². The third-order valence-electron chi connectivity index (χ3n) is 2.47. The number of ether oxygens (including phenoxy) is 1. The number of methoxy groups -OCH3 is 1. The highest BCUT2D eigenvalue weighted by Crippen LogP contribution is 2.27. The van der Waals surface area contributed by atoms with Gasteiger partial charge in [0.2, 0.25) is 0 Å². The molecule has 0 saturated carbocycles. The van der Waals surface area contributed by atoms with Gasteiger partial charge in [-0.3, -0.25) is 0 Å². The summed E-state index contributed by atoms with van der Waals surface area (Å²) >= 11 is 6.13. The molecule has 0 aliphatic carbocycles. The van der Waals surface area contributed by atoms with E-state index in [1.54, 1.807) is 7.11 Å². The van der Waals surface area contributed by atoms with Crippen LogP contribution in [0.15, 0.2) is 22.7 Å². The lowest BCUT2D eigenvalue weighted by Crippen LogP contribution is -2.17. The molecule has 18 heavy (non-hydrogen) atoms. The first-order valence-electron chi connectivity index (χ1n) is 5.46. The summed E-state index contributed by atoms with van der Waals surface area (Å²) < 4.78 is 10.1. The largest absolute Gasteiger partial charge is 0.383 e. The lowest BCUT2D eigenvalue weighted by molar-refractivity contribution is 0.177. The summed E-state index contributed by atoms with van der Waals surface area (Å²) in [5.74, 6) is 0.769. The first kappa shape index (κ1) is 13.0. The summed E-state index contributed by atoms with van der Waals surface area (Å²) in [7, 11) is 1.57. The van der Waals surface area contributed by atoms with Crippen LogP contribution < -0.4 is 5.73 Å². The third kappa shape index (κ3) is 2.69. The molecule has 0 aliphatic rings. The van der Waals surface area contributed by atoms with Gasteiger partial charge in [0.05, 0.1) is 23.2 Å². The maximum atomic E-state index is 6.13. The number of halogens is 1. The number of nitrogens with two attached hydrogens (primary N) is 1. The van der Waals surface area contributed by atoms with E-state index < -0.39 is 6.04 Å². The number of rotatable bonds is 4. The SMILES string of the molecule is COCC(N)c1noc(-c2ccc(C)cc2Cl)n1. The number of hydrogen-bond donors (Lipinski definition) is 1. The molecular formula is C12H14ClN3O2. The minimum atomic E-state index is -0.406. The van der Waals surface area contributed by atoms with E-state index in [9.17, 15) is 0 Å². The summed E-state index contributed by atoms with van der Waals surface area (Å²) in [6.45, 7) is 2.30. The second-order valence-corrected chi connectivity index (χ2v) is 4.41. The van der Waals surface area contributed by atoms with Crippen molar-refractivity contribution in [1.29, 1.82) is 0 Å². The van der Waals surface area contributed by atoms with Crippen molar-refractivity contribution in [2.75, 3.05) is 13.7 Å². The van der Waals surface area contributed by atoms with Gasteiger partial charge in [-0.2, -0.15) is 4.98 Å². The molecule has 96 valence electrons. The number of hydrogen-bond acceptors (Lipinski definition) is 5. The van der Waals surface area contributed by atoms with Gasteiger partial charge in [0.25, 0.3) is 5.89 Å². The van der Waals surface area contributed by atoms with Crippen molar-refractivity contribution in [2.45, 2.75) is 13.0 Å². The highest BCUT2D eigenvalue weighted by molar-refractivity contribution is 6.33. The molecule has 6 heteroatoms. The molecule has 0 bridgehead atoms. The van der Waals surface area contributed by atoms with E-state index in [1.165, 1.54) is 0 Å². The standard InChI is InChI=1S/C12H14ClN3O2/c1-7-3-4-8(9(13)5-7)12-15-11(16-18-12)10(14)6-17-2/h3-5,10H,6,14H2,1-2H3. The van der Waals surface area contributed by atoms with Crippen molar-refractivity contribution >= 4 is 11.6 Å². The summed E-state index contributed by atoms with van der Waals surface area (Å²) in [5, 5.41) is 4.40. The zero-order valence-electron chi connectivity index (χ0n) is 10.2. The van der Waals surface area contributed by atoms with Crippen LogP contribution in [0.3, 0.4) is 0 Å². The maximum absolute atomic E-state index is 6.13. The van der Waals surface area contributed by atoms with Gasteiger partial charge in [-0.25, -0.2) is 0 Å². The second-order valence-electron chi connectivity index (χ2n) is 4.00. The molecule has 0 saturated heterocycles. The van der Waals surface area contributed by atoms with E-state index in [4.69, 9.17) is 26.6 Å². The van der Waals surface area contributed by atoms with Crippen LogP contribution in [0.2, 0.25) is 5.02 Å². The van der Waals surface area contributed by atoms with Gasteiger partial charge in [-0.05, 0) is 24.6 Å². The van der Waals surface area contributed by atoms with E-state index in [0.717, 1.165) is 5.56 Å². The van der Waals surface area contributed by atoms with Crippen molar-refractivity contribution in [3.05, 3.63) is 34.6 Å². The molecule has 0 amide bonds. The molecule has 1 aromatic heterocycles. The summed E-state index contributed by atoms with van der Waals surface area (Å²) in [6, 6.07) is 5.21. The van der Waals surface area contributed by atoms with Crippen molar-refractivity contribution in [1.82, 2.24) is 10.1 Å². The summed E-state index contributed by atoms with van der Waals surface area (Å²) in [5.41, 5.74) is 7.58. The molecule has 1 aromatic carbocycles. The lowest BCUT2D eigenvalue weighted by atomic mass is 10.1. The average molecular weight is 268 g/mol. The Morgan fingerprint density at radius 3 is 2.94 bits per heavy atom. The Kier molecular flexibility index (Phi) is 3.96. The molecule has 1 unspecified atom stereocenters. The van der Waals surface area contributed by atoms with E-state index in [1.807, 2.05) is 25.1 Å². The van der Waals surface area contributed by atoms with E-state index >= 15 is 0 Å². The van der Waals surface area contributed by atoms with Gasteiger partial charge in [-0.15, -0.1) is 0 Å². The molecule has 2 N–H and O–H groups in total. The predicted molar refractivity (Wildman–Crippen MR) is 68.3 cm³/mol. The van der Waals surface area contributed by atoms with Crippen molar-refractivity contribution in [3.63, 3.8) is 0 Å². The first-order valence-corrected chi connectivity index (χ1v) is 5.84. The fourth-order valence-corrected chi connectivity index (χ4v) is 1.86. The molecule has 2 rings (SSSR count). The van der Waals surface area contributed by atoms with Crippen LogP contribution >= 0.6 is 11.6 Å². The quantitative estimate of drug-likeness (QED) is 0.920. The van der Waals surface area contributed by atoms with Gasteiger partial charge < -0.3 is 15.0 Å². The Morgan fingerprint density at radius 2 is 2.28 bits per heavy atom. The van der Waals surface area contributed by atoms with Crippen LogP contribution in [-0.2, 0) is 4.74 Å². The van der Waals surface area contributed by atoms with Gasteiger partial charge >= 0.3 is 0 Å².